The van der Waals surface area contributed by atoms with Crippen molar-refractivity contribution in [2.45, 2.75) is 60.5 Å². The van der Waals surface area contributed by atoms with E-state index in [1.165, 1.54) is 5.70 Å². The molecule has 136 valence electrons. The van der Waals surface area contributed by atoms with Crippen LogP contribution in [0.1, 0.15) is 54.4 Å². The van der Waals surface area contributed by atoms with Crippen LogP contribution in [0.4, 0.5) is 0 Å². The Kier molecular flexibility index (Phi) is 18.1. The van der Waals surface area contributed by atoms with E-state index >= 15 is 0 Å². The molecule has 0 aromatic rings. The summed E-state index contributed by atoms with van der Waals surface area (Å²) in [4.78, 5) is 12.9. The van der Waals surface area contributed by atoms with Crippen molar-refractivity contribution in [3.05, 3.63) is 23.4 Å². The van der Waals surface area contributed by atoms with Crippen molar-refractivity contribution >= 4 is 6.29 Å². The predicted molar refractivity (Wildman–Crippen MR) is 98.7 cm³/mol. The van der Waals surface area contributed by atoms with Gasteiger partial charge in [-0.1, -0.05) is 33.8 Å². The van der Waals surface area contributed by atoms with Gasteiger partial charge in [0, 0.05) is 25.9 Å². The molecule has 0 aliphatic carbocycles. The summed E-state index contributed by atoms with van der Waals surface area (Å²) in [7, 11) is 1.69. The molecule has 0 N–H and O–H groups in total. The monoisotopic (exact) mass is 327 g/mol. The molecule has 0 aromatic heterocycles. The summed E-state index contributed by atoms with van der Waals surface area (Å²) in [6, 6.07) is 0. The van der Waals surface area contributed by atoms with Crippen molar-refractivity contribution in [1.82, 2.24) is 4.90 Å². The molecule has 23 heavy (non-hydrogen) atoms. The van der Waals surface area contributed by atoms with Crippen molar-refractivity contribution < 1.29 is 14.3 Å². The molecule has 0 saturated carbocycles. The van der Waals surface area contributed by atoms with E-state index in [2.05, 4.69) is 11.8 Å². The highest BCUT2D eigenvalue weighted by Crippen LogP contribution is 2.17. The zero-order chi connectivity index (χ0) is 18.1. The Balaban J connectivity index is 0. The Hall–Kier alpha value is -1.13. The Morgan fingerprint density at radius 2 is 1.61 bits per heavy atom. The van der Waals surface area contributed by atoms with Crippen LogP contribution in [-0.2, 0) is 14.3 Å². The van der Waals surface area contributed by atoms with Gasteiger partial charge in [0.05, 0.1) is 19.3 Å². The first kappa shape index (κ1) is 24.1. The zero-order valence-corrected chi connectivity index (χ0v) is 16.2. The van der Waals surface area contributed by atoms with Crippen LogP contribution in [0, 0.1) is 0 Å². The van der Waals surface area contributed by atoms with Gasteiger partial charge in [-0.15, -0.1) is 0 Å². The number of allylic oxidation sites excluding steroid dienone is 4. The standard InChI is InChI=1S/C15H25NO3.2C2H6/c1-13(12-17)4-5-14(2)16-8-6-15(7-9-16)19-11-10-18-3;2*1-2/h4-5,12,15H,6-11H2,1-3H3;2*1-2H3/b13-4+,14-5+;;. The number of hydrogen-bond donors (Lipinski definition) is 0. The fourth-order valence-corrected chi connectivity index (χ4v) is 2.07. The van der Waals surface area contributed by atoms with E-state index in [0.717, 1.165) is 37.8 Å². The zero-order valence-electron chi connectivity index (χ0n) is 16.2. The lowest BCUT2D eigenvalue weighted by Crippen LogP contribution is -2.36. The minimum Gasteiger partial charge on any atom is -0.382 e. The van der Waals surface area contributed by atoms with Gasteiger partial charge in [0.2, 0.25) is 0 Å². The molecular formula is C19H37NO3. The van der Waals surface area contributed by atoms with Gasteiger partial charge in [0.25, 0.3) is 0 Å². The van der Waals surface area contributed by atoms with Crippen molar-refractivity contribution in [2.24, 2.45) is 0 Å². The molecule has 0 bridgehead atoms. The second-order valence-corrected chi connectivity index (χ2v) is 4.89. The molecule has 4 nitrogen and oxygen atoms in total. The van der Waals surface area contributed by atoms with Crippen LogP contribution in [0.25, 0.3) is 0 Å². The fourth-order valence-electron chi connectivity index (χ4n) is 2.07. The Morgan fingerprint density at radius 3 is 2.09 bits per heavy atom. The lowest BCUT2D eigenvalue weighted by molar-refractivity contribution is -0.104. The smallest absolute Gasteiger partial charge is 0.145 e. The van der Waals surface area contributed by atoms with Gasteiger partial charge in [-0.3, -0.25) is 4.79 Å². The molecule has 1 fully saturated rings. The molecule has 0 radical (unpaired) electrons. The van der Waals surface area contributed by atoms with E-state index in [-0.39, 0.29) is 0 Å². The number of ether oxygens (including phenoxy) is 2. The summed E-state index contributed by atoms with van der Waals surface area (Å²) in [6.07, 6.45) is 7.20. The summed E-state index contributed by atoms with van der Waals surface area (Å²) in [5, 5.41) is 0. The highest BCUT2D eigenvalue weighted by Gasteiger charge is 2.19. The quantitative estimate of drug-likeness (QED) is 0.304. The van der Waals surface area contributed by atoms with E-state index in [1.54, 1.807) is 7.11 Å². The number of hydrogen-bond acceptors (Lipinski definition) is 4. The maximum absolute atomic E-state index is 10.5. The minimum absolute atomic E-state index is 0.353. The average molecular weight is 328 g/mol. The molecule has 0 atom stereocenters. The van der Waals surface area contributed by atoms with E-state index in [4.69, 9.17) is 9.47 Å². The molecule has 0 unspecified atom stereocenters. The van der Waals surface area contributed by atoms with Gasteiger partial charge in [-0.25, -0.2) is 0 Å². The first-order valence-electron chi connectivity index (χ1n) is 8.83. The number of carbonyl (C=O) groups is 1. The topological polar surface area (TPSA) is 38.8 Å². The predicted octanol–water partition coefficient (Wildman–Crippen LogP) is 4.22. The van der Waals surface area contributed by atoms with Crippen LogP contribution in [0.15, 0.2) is 23.4 Å². The maximum Gasteiger partial charge on any atom is 0.145 e. The second-order valence-electron chi connectivity index (χ2n) is 4.89. The number of methoxy groups -OCH3 is 1. The van der Waals surface area contributed by atoms with Crippen molar-refractivity contribution in [3.8, 4) is 0 Å². The van der Waals surface area contributed by atoms with Crippen LogP contribution in [0.5, 0.6) is 0 Å². The second kappa shape index (κ2) is 17.2. The molecule has 1 aliphatic heterocycles. The SMILES string of the molecule is CC.CC.COCCOC1CCN(/C(C)=C/C=C(\C)C=O)CC1. The van der Waals surface area contributed by atoms with Crippen LogP contribution in [-0.4, -0.2) is 50.7 Å². The Labute approximate surface area is 143 Å². The van der Waals surface area contributed by atoms with Crippen LogP contribution in [0.3, 0.4) is 0 Å². The summed E-state index contributed by atoms with van der Waals surface area (Å²) in [6.45, 7) is 15.3. The lowest BCUT2D eigenvalue weighted by Gasteiger charge is -2.34. The molecule has 1 rings (SSSR count). The number of aldehydes is 1. The van der Waals surface area contributed by atoms with Crippen molar-refractivity contribution in [1.29, 1.82) is 0 Å². The number of piperidine rings is 1. The third-order valence-corrected chi connectivity index (χ3v) is 3.36. The van der Waals surface area contributed by atoms with Gasteiger partial charge < -0.3 is 14.4 Å². The minimum atomic E-state index is 0.353. The molecule has 4 heteroatoms. The van der Waals surface area contributed by atoms with Gasteiger partial charge in [0.1, 0.15) is 6.29 Å². The van der Waals surface area contributed by atoms with Crippen molar-refractivity contribution in [2.75, 3.05) is 33.4 Å². The Morgan fingerprint density at radius 1 is 1.04 bits per heavy atom. The third kappa shape index (κ3) is 12.0. The van der Waals surface area contributed by atoms with Crippen molar-refractivity contribution in [3.63, 3.8) is 0 Å². The Bertz CT molecular complexity index is 330. The first-order chi connectivity index (χ1) is 11.2. The molecular weight excluding hydrogens is 290 g/mol. The van der Waals surface area contributed by atoms with E-state index in [0.29, 0.717) is 19.3 Å². The third-order valence-electron chi connectivity index (χ3n) is 3.36. The first-order valence-corrected chi connectivity index (χ1v) is 8.83. The maximum atomic E-state index is 10.5. The largest absolute Gasteiger partial charge is 0.382 e. The molecule has 0 spiro atoms. The molecule has 1 aliphatic rings. The number of likely N-dealkylation sites (tertiary alicyclic amines) is 1. The summed E-state index contributed by atoms with van der Waals surface area (Å²) in [5.74, 6) is 0. The van der Waals surface area contributed by atoms with Gasteiger partial charge in [0.15, 0.2) is 0 Å². The number of carbonyl (C=O) groups excluding carboxylic acids is 1. The van der Waals surface area contributed by atoms with Crippen LogP contribution >= 0.6 is 0 Å². The molecule has 1 saturated heterocycles. The van der Waals surface area contributed by atoms with E-state index in [9.17, 15) is 4.79 Å². The highest BCUT2D eigenvalue weighted by atomic mass is 16.5. The van der Waals surface area contributed by atoms with E-state index in [1.807, 2.05) is 46.8 Å². The molecule has 1 heterocycles. The highest BCUT2D eigenvalue weighted by molar-refractivity contribution is 5.72. The molecule has 0 aromatic carbocycles. The normalized spacial score (nSPS) is 16.0. The number of rotatable bonds is 7. The van der Waals surface area contributed by atoms with Gasteiger partial charge in [-0.2, -0.15) is 0 Å². The van der Waals surface area contributed by atoms with E-state index < -0.39 is 0 Å². The van der Waals surface area contributed by atoms with Gasteiger partial charge >= 0.3 is 0 Å². The summed E-state index contributed by atoms with van der Waals surface area (Å²) < 4.78 is 10.7. The number of nitrogens with zero attached hydrogens (tertiary/aromatic N) is 1. The average Bonchev–Trinajstić information content (AvgIpc) is 2.63. The van der Waals surface area contributed by atoms with Crippen LogP contribution in [0.2, 0.25) is 0 Å². The summed E-state index contributed by atoms with van der Waals surface area (Å²) >= 11 is 0. The van der Waals surface area contributed by atoms with Gasteiger partial charge in [-0.05, 0) is 38.3 Å². The lowest BCUT2D eigenvalue weighted by atomic mass is 10.1. The summed E-state index contributed by atoms with van der Waals surface area (Å²) in [5.41, 5.74) is 1.95. The fraction of sp³-hybridized carbons (Fsp3) is 0.737. The molecule has 0 amide bonds. The van der Waals surface area contributed by atoms with Crippen LogP contribution < -0.4 is 0 Å².